The van der Waals surface area contributed by atoms with Gasteiger partial charge in [-0.2, -0.15) is 0 Å². The maximum absolute atomic E-state index is 10.8. The van der Waals surface area contributed by atoms with Crippen LogP contribution >= 0.6 is 0 Å². The molecule has 2 nitrogen and oxygen atoms in total. The summed E-state index contributed by atoms with van der Waals surface area (Å²) in [6, 6.07) is 7.93. The number of hydrogen-bond donors (Lipinski definition) is 0. The lowest BCUT2D eigenvalue weighted by Crippen LogP contribution is -1.98. The van der Waals surface area contributed by atoms with Crippen LogP contribution in [0.15, 0.2) is 24.3 Å². The summed E-state index contributed by atoms with van der Waals surface area (Å²) < 4.78 is 4.52. The molecule has 2 heteroatoms. The van der Waals surface area contributed by atoms with E-state index in [9.17, 15) is 4.79 Å². The van der Waals surface area contributed by atoms with Crippen molar-refractivity contribution in [2.75, 3.05) is 7.11 Å². The largest absolute Gasteiger partial charge is 0.469 e. The standard InChI is InChI=1S/C13H14O2/c1-11-7-3-4-8-12(11)9-5-6-10-13(14)15-2/h3-4,7-8H,6,10H2,1-2H3. The molecule has 0 aromatic heterocycles. The van der Waals surface area contributed by atoms with E-state index in [-0.39, 0.29) is 5.97 Å². The zero-order valence-corrected chi connectivity index (χ0v) is 9.04. The van der Waals surface area contributed by atoms with E-state index < -0.39 is 0 Å². The smallest absolute Gasteiger partial charge is 0.306 e. The lowest BCUT2D eigenvalue weighted by atomic mass is 10.1. The van der Waals surface area contributed by atoms with Gasteiger partial charge in [0.2, 0.25) is 0 Å². The van der Waals surface area contributed by atoms with Gasteiger partial charge in [0.1, 0.15) is 0 Å². The van der Waals surface area contributed by atoms with Crippen LogP contribution in [0.5, 0.6) is 0 Å². The van der Waals surface area contributed by atoms with E-state index in [1.165, 1.54) is 7.11 Å². The summed E-state index contributed by atoms with van der Waals surface area (Å²) >= 11 is 0. The van der Waals surface area contributed by atoms with Crippen molar-refractivity contribution in [3.63, 3.8) is 0 Å². The highest BCUT2D eigenvalue weighted by atomic mass is 16.5. The number of carbonyl (C=O) groups excluding carboxylic acids is 1. The van der Waals surface area contributed by atoms with Gasteiger partial charge in [0, 0.05) is 12.0 Å². The van der Waals surface area contributed by atoms with Crippen molar-refractivity contribution < 1.29 is 9.53 Å². The average Bonchev–Trinajstić information content (AvgIpc) is 2.26. The van der Waals surface area contributed by atoms with Gasteiger partial charge in [0.25, 0.3) is 0 Å². The first-order valence-electron chi connectivity index (χ1n) is 4.85. The Bertz CT molecular complexity index is 396. The van der Waals surface area contributed by atoms with Crippen LogP contribution < -0.4 is 0 Å². The fourth-order valence-corrected chi connectivity index (χ4v) is 1.14. The molecule has 0 saturated heterocycles. The number of aryl methyl sites for hydroxylation is 1. The molecule has 0 spiro atoms. The summed E-state index contributed by atoms with van der Waals surface area (Å²) in [5, 5.41) is 0. The van der Waals surface area contributed by atoms with E-state index >= 15 is 0 Å². The molecular formula is C13H14O2. The minimum absolute atomic E-state index is 0.214. The molecule has 1 aromatic rings. The zero-order valence-electron chi connectivity index (χ0n) is 9.04. The van der Waals surface area contributed by atoms with Crippen molar-refractivity contribution in [3.8, 4) is 11.8 Å². The number of benzene rings is 1. The predicted octanol–water partition coefficient (Wildman–Crippen LogP) is 2.30. The Morgan fingerprint density at radius 1 is 1.40 bits per heavy atom. The van der Waals surface area contributed by atoms with Crippen molar-refractivity contribution in [1.82, 2.24) is 0 Å². The van der Waals surface area contributed by atoms with Gasteiger partial charge < -0.3 is 4.74 Å². The Labute approximate surface area is 90.3 Å². The third kappa shape index (κ3) is 3.86. The fraction of sp³-hybridized carbons (Fsp3) is 0.308. The van der Waals surface area contributed by atoms with Crippen LogP contribution in [0.1, 0.15) is 24.0 Å². The monoisotopic (exact) mass is 202 g/mol. The Balaban J connectivity index is 2.52. The maximum Gasteiger partial charge on any atom is 0.306 e. The van der Waals surface area contributed by atoms with Crippen LogP contribution in [0.25, 0.3) is 0 Å². The van der Waals surface area contributed by atoms with Gasteiger partial charge in [-0.1, -0.05) is 30.0 Å². The average molecular weight is 202 g/mol. The van der Waals surface area contributed by atoms with E-state index in [4.69, 9.17) is 0 Å². The Kier molecular flexibility index (Phi) is 4.43. The van der Waals surface area contributed by atoms with Gasteiger partial charge in [-0.15, -0.1) is 0 Å². The zero-order chi connectivity index (χ0) is 11.1. The fourth-order valence-electron chi connectivity index (χ4n) is 1.14. The van der Waals surface area contributed by atoms with Gasteiger partial charge >= 0.3 is 5.97 Å². The van der Waals surface area contributed by atoms with Crippen LogP contribution in [0.4, 0.5) is 0 Å². The van der Waals surface area contributed by atoms with E-state index in [1.807, 2.05) is 31.2 Å². The van der Waals surface area contributed by atoms with E-state index in [2.05, 4.69) is 16.6 Å². The van der Waals surface area contributed by atoms with E-state index in [0.29, 0.717) is 12.8 Å². The van der Waals surface area contributed by atoms with Crippen LogP contribution in [0.2, 0.25) is 0 Å². The molecule has 0 N–H and O–H groups in total. The normalized spacial score (nSPS) is 8.93. The predicted molar refractivity (Wildman–Crippen MR) is 59.3 cm³/mol. The number of methoxy groups -OCH3 is 1. The highest BCUT2D eigenvalue weighted by Crippen LogP contribution is 2.04. The second kappa shape index (κ2) is 5.87. The molecule has 0 aliphatic rings. The van der Waals surface area contributed by atoms with Crippen LogP contribution in [0, 0.1) is 18.8 Å². The summed E-state index contributed by atoms with van der Waals surface area (Å²) in [7, 11) is 1.39. The number of esters is 1. The molecule has 0 heterocycles. The number of hydrogen-bond acceptors (Lipinski definition) is 2. The van der Waals surface area contributed by atoms with Crippen molar-refractivity contribution in [1.29, 1.82) is 0 Å². The van der Waals surface area contributed by atoms with Gasteiger partial charge in [-0.25, -0.2) is 0 Å². The molecule has 0 saturated carbocycles. The molecule has 0 unspecified atom stereocenters. The van der Waals surface area contributed by atoms with Crippen molar-refractivity contribution in [3.05, 3.63) is 35.4 Å². The Hall–Kier alpha value is -1.75. The van der Waals surface area contributed by atoms with Gasteiger partial charge in [-0.05, 0) is 18.6 Å². The third-order valence-corrected chi connectivity index (χ3v) is 2.05. The molecule has 78 valence electrons. The first-order valence-corrected chi connectivity index (χ1v) is 4.85. The minimum atomic E-state index is -0.214. The van der Waals surface area contributed by atoms with Crippen molar-refractivity contribution >= 4 is 5.97 Å². The highest BCUT2D eigenvalue weighted by Gasteiger charge is 1.96. The summed E-state index contributed by atoms with van der Waals surface area (Å²) in [4.78, 5) is 10.8. The third-order valence-electron chi connectivity index (χ3n) is 2.05. The quantitative estimate of drug-likeness (QED) is 0.543. The van der Waals surface area contributed by atoms with E-state index in [1.54, 1.807) is 0 Å². The Morgan fingerprint density at radius 3 is 2.80 bits per heavy atom. The maximum atomic E-state index is 10.8. The van der Waals surface area contributed by atoms with Crippen LogP contribution in [-0.2, 0) is 9.53 Å². The lowest BCUT2D eigenvalue weighted by molar-refractivity contribution is -0.140. The molecule has 0 bridgehead atoms. The SMILES string of the molecule is COC(=O)CCC#Cc1ccccc1C. The van der Waals surface area contributed by atoms with Crippen LogP contribution in [-0.4, -0.2) is 13.1 Å². The molecule has 0 amide bonds. The number of ether oxygens (including phenoxy) is 1. The molecule has 0 aliphatic heterocycles. The summed E-state index contributed by atoms with van der Waals surface area (Å²) in [6.07, 6.45) is 0.899. The first-order chi connectivity index (χ1) is 7.24. The molecule has 1 rings (SSSR count). The van der Waals surface area contributed by atoms with Crippen molar-refractivity contribution in [2.24, 2.45) is 0 Å². The highest BCUT2D eigenvalue weighted by molar-refractivity contribution is 5.69. The first kappa shape index (κ1) is 11.3. The van der Waals surface area contributed by atoms with Gasteiger partial charge in [-0.3, -0.25) is 4.79 Å². The molecule has 0 aliphatic carbocycles. The second-order valence-corrected chi connectivity index (χ2v) is 3.19. The summed E-state index contributed by atoms with van der Waals surface area (Å²) in [5.41, 5.74) is 2.17. The molecular weight excluding hydrogens is 188 g/mol. The van der Waals surface area contributed by atoms with Gasteiger partial charge in [0.05, 0.1) is 13.5 Å². The topological polar surface area (TPSA) is 26.3 Å². The Morgan fingerprint density at radius 2 is 2.13 bits per heavy atom. The minimum Gasteiger partial charge on any atom is -0.469 e. The lowest BCUT2D eigenvalue weighted by Gasteiger charge is -1.95. The van der Waals surface area contributed by atoms with Crippen LogP contribution in [0.3, 0.4) is 0 Å². The number of rotatable bonds is 2. The molecule has 0 radical (unpaired) electrons. The van der Waals surface area contributed by atoms with E-state index in [0.717, 1.165) is 11.1 Å². The molecule has 0 fully saturated rings. The second-order valence-electron chi connectivity index (χ2n) is 3.19. The van der Waals surface area contributed by atoms with Crippen molar-refractivity contribution in [2.45, 2.75) is 19.8 Å². The van der Waals surface area contributed by atoms with Gasteiger partial charge in [0.15, 0.2) is 0 Å². The molecule has 0 atom stereocenters. The number of carbonyl (C=O) groups is 1. The molecule has 1 aromatic carbocycles. The molecule has 15 heavy (non-hydrogen) atoms. The summed E-state index contributed by atoms with van der Waals surface area (Å²) in [6.45, 7) is 2.02. The summed E-state index contributed by atoms with van der Waals surface area (Å²) in [5.74, 6) is 5.78.